The fourth-order valence-corrected chi connectivity index (χ4v) is 6.44. The van der Waals surface area contributed by atoms with Gasteiger partial charge in [-0.3, -0.25) is 9.47 Å². The molecule has 2 aliphatic carbocycles. The van der Waals surface area contributed by atoms with Crippen LogP contribution in [0.4, 0.5) is 5.95 Å². The third-order valence-corrected chi connectivity index (χ3v) is 8.47. The predicted octanol–water partition coefficient (Wildman–Crippen LogP) is 3.59. The van der Waals surface area contributed by atoms with Crippen LogP contribution in [-0.2, 0) is 13.1 Å². The third-order valence-electron chi connectivity index (χ3n) is 8.23. The van der Waals surface area contributed by atoms with Crippen LogP contribution >= 0.6 is 11.6 Å². The molecule has 0 bridgehead atoms. The van der Waals surface area contributed by atoms with Gasteiger partial charge in [0.05, 0.1) is 23.7 Å². The summed E-state index contributed by atoms with van der Waals surface area (Å²) in [6.45, 7) is 3.95. The van der Waals surface area contributed by atoms with E-state index in [-0.39, 0.29) is 10.8 Å². The third kappa shape index (κ3) is 3.46. The predicted molar refractivity (Wildman–Crippen MR) is 131 cm³/mol. The van der Waals surface area contributed by atoms with Gasteiger partial charge in [-0.05, 0) is 55.5 Å². The van der Waals surface area contributed by atoms with E-state index >= 15 is 0 Å². The Kier molecular flexibility index (Phi) is 4.67. The molecule has 4 heterocycles. The number of nitrogens with zero attached hydrogens (tertiary/aromatic N) is 9. The molecule has 0 radical (unpaired) electrons. The number of halogens is 1. The fraction of sp³-hybridized carbons (Fsp3) is 0.462. The van der Waals surface area contributed by atoms with Crippen LogP contribution in [0.25, 0.3) is 5.69 Å². The Balaban J connectivity index is 1.13. The van der Waals surface area contributed by atoms with E-state index in [0.717, 1.165) is 74.8 Å². The maximum Gasteiger partial charge on any atom is 0.226 e. The van der Waals surface area contributed by atoms with Crippen LogP contribution in [0.3, 0.4) is 0 Å². The first kappa shape index (κ1) is 21.7. The summed E-state index contributed by atoms with van der Waals surface area (Å²) in [6, 6.07) is 12.3. The molecule has 1 saturated heterocycles. The lowest BCUT2D eigenvalue weighted by atomic mass is 9.57. The zero-order chi connectivity index (χ0) is 24.5. The molecule has 0 N–H and O–H groups in total. The van der Waals surface area contributed by atoms with E-state index in [1.165, 1.54) is 0 Å². The van der Waals surface area contributed by atoms with Crippen LogP contribution in [0.1, 0.15) is 54.5 Å². The molecule has 2 aromatic heterocycles. The van der Waals surface area contributed by atoms with Gasteiger partial charge in [0.15, 0.2) is 5.82 Å². The molecule has 2 aliphatic heterocycles. The molecule has 4 aliphatic rings. The van der Waals surface area contributed by atoms with Crippen LogP contribution < -0.4 is 4.90 Å². The smallest absolute Gasteiger partial charge is 0.226 e. The normalized spacial score (nSPS) is 21.4. The van der Waals surface area contributed by atoms with Gasteiger partial charge in [0, 0.05) is 48.7 Å². The lowest BCUT2D eigenvalue weighted by Gasteiger charge is -2.58. The minimum atomic E-state index is -0.219. The molecule has 0 atom stereocenters. The van der Waals surface area contributed by atoms with E-state index in [9.17, 15) is 5.26 Å². The summed E-state index contributed by atoms with van der Waals surface area (Å²) in [5.41, 5.74) is 2.66. The van der Waals surface area contributed by atoms with Gasteiger partial charge in [-0.1, -0.05) is 11.6 Å². The summed E-state index contributed by atoms with van der Waals surface area (Å²) < 4.78 is 2.24. The zero-order valence-electron chi connectivity index (χ0n) is 19.7. The standard InChI is InChI=1S/C26H24ClN9/c27-19-1-2-21-17(7-19)11-34(14-25(13-29)4-5-25)12-22-32-33-23(36(21)22)18-8-26(9-18)15-35(16-26)24-30-6-3-20(10-28)31-24/h1-3,6-7,18H,4-5,8-9,11-12,14-16H2. The highest BCUT2D eigenvalue weighted by Gasteiger charge is 2.55. The van der Waals surface area contributed by atoms with Gasteiger partial charge in [-0.2, -0.15) is 10.5 Å². The van der Waals surface area contributed by atoms with Gasteiger partial charge < -0.3 is 4.90 Å². The van der Waals surface area contributed by atoms with E-state index in [1.807, 2.05) is 12.1 Å². The number of benzene rings is 1. The number of anilines is 1. The molecule has 36 heavy (non-hydrogen) atoms. The lowest BCUT2D eigenvalue weighted by molar-refractivity contribution is 0.0574. The largest absolute Gasteiger partial charge is 0.340 e. The van der Waals surface area contributed by atoms with Crippen molar-refractivity contribution >= 4 is 17.5 Å². The molecule has 180 valence electrons. The van der Waals surface area contributed by atoms with Gasteiger partial charge in [0.1, 0.15) is 17.6 Å². The Morgan fingerprint density at radius 3 is 2.67 bits per heavy atom. The van der Waals surface area contributed by atoms with Gasteiger partial charge in [0.2, 0.25) is 5.95 Å². The zero-order valence-corrected chi connectivity index (χ0v) is 20.5. The molecular formula is C26H24ClN9. The Labute approximate surface area is 214 Å². The average molecular weight is 498 g/mol. The molecule has 7 rings (SSSR count). The van der Waals surface area contributed by atoms with Crippen LogP contribution in [0.5, 0.6) is 0 Å². The number of hydrogen-bond donors (Lipinski definition) is 0. The van der Waals surface area contributed by atoms with Crippen molar-refractivity contribution in [2.24, 2.45) is 10.8 Å². The summed E-state index contributed by atoms with van der Waals surface area (Å²) >= 11 is 6.40. The molecule has 1 spiro atoms. The van der Waals surface area contributed by atoms with Crippen LogP contribution in [0, 0.1) is 33.5 Å². The number of nitriles is 2. The lowest BCUT2D eigenvalue weighted by Crippen LogP contribution is -2.62. The Bertz CT molecular complexity index is 1450. The van der Waals surface area contributed by atoms with Crippen molar-refractivity contribution in [3.05, 3.63) is 58.4 Å². The first-order valence-corrected chi connectivity index (χ1v) is 12.7. The van der Waals surface area contributed by atoms with Gasteiger partial charge in [-0.25, -0.2) is 9.97 Å². The second kappa shape index (κ2) is 7.73. The Morgan fingerprint density at radius 1 is 1.08 bits per heavy atom. The molecule has 2 saturated carbocycles. The first-order valence-electron chi connectivity index (χ1n) is 12.3. The monoisotopic (exact) mass is 497 g/mol. The minimum Gasteiger partial charge on any atom is -0.340 e. The summed E-state index contributed by atoms with van der Waals surface area (Å²) in [7, 11) is 0. The van der Waals surface area contributed by atoms with E-state index in [1.54, 1.807) is 12.3 Å². The molecule has 10 heteroatoms. The number of hydrogen-bond acceptors (Lipinski definition) is 8. The highest BCUT2D eigenvalue weighted by atomic mass is 35.5. The number of aromatic nitrogens is 5. The topological polar surface area (TPSA) is 111 Å². The van der Waals surface area contributed by atoms with Gasteiger partial charge in [-0.15, -0.1) is 10.2 Å². The molecular weight excluding hydrogens is 474 g/mol. The quantitative estimate of drug-likeness (QED) is 0.537. The Morgan fingerprint density at radius 2 is 1.92 bits per heavy atom. The van der Waals surface area contributed by atoms with Crippen molar-refractivity contribution in [3.63, 3.8) is 0 Å². The summed E-state index contributed by atoms with van der Waals surface area (Å²) in [4.78, 5) is 13.2. The Hall–Kier alpha value is -3.53. The average Bonchev–Trinajstić information content (AvgIpc) is 3.52. The fourth-order valence-electron chi connectivity index (χ4n) is 6.25. The second-order valence-electron chi connectivity index (χ2n) is 10.9. The molecule has 0 amide bonds. The van der Waals surface area contributed by atoms with Crippen molar-refractivity contribution < 1.29 is 0 Å². The summed E-state index contributed by atoms with van der Waals surface area (Å²) in [6.07, 6.45) is 5.67. The van der Waals surface area contributed by atoms with Crippen LogP contribution in [0.15, 0.2) is 30.5 Å². The van der Waals surface area contributed by atoms with E-state index in [0.29, 0.717) is 29.1 Å². The van der Waals surface area contributed by atoms with Crippen LogP contribution in [0.2, 0.25) is 5.02 Å². The van der Waals surface area contributed by atoms with E-state index in [2.05, 4.69) is 52.7 Å². The maximum atomic E-state index is 9.65. The van der Waals surface area contributed by atoms with E-state index in [4.69, 9.17) is 16.9 Å². The van der Waals surface area contributed by atoms with Crippen LogP contribution in [-0.4, -0.2) is 49.3 Å². The van der Waals surface area contributed by atoms with Crippen molar-refractivity contribution in [3.8, 4) is 17.8 Å². The number of rotatable bonds is 4. The molecule has 3 fully saturated rings. The summed E-state index contributed by atoms with van der Waals surface area (Å²) in [5, 5.41) is 28.8. The molecule has 1 aromatic carbocycles. The van der Waals surface area contributed by atoms with Crippen molar-refractivity contribution in [1.29, 1.82) is 10.5 Å². The first-order chi connectivity index (χ1) is 17.5. The minimum absolute atomic E-state index is 0.219. The summed E-state index contributed by atoms with van der Waals surface area (Å²) in [5.74, 6) is 2.92. The molecule has 3 aromatic rings. The molecule has 0 unspecified atom stereocenters. The SMILES string of the molecule is N#Cc1ccnc(N2CC3(CC(c4nnc5n4-c4ccc(Cl)cc4CN(CC4(C#N)CC4)C5)C3)C2)n1. The second-order valence-corrected chi connectivity index (χ2v) is 11.4. The molecule has 9 nitrogen and oxygen atoms in total. The highest BCUT2D eigenvalue weighted by molar-refractivity contribution is 6.30. The highest BCUT2D eigenvalue weighted by Crippen LogP contribution is 2.56. The maximum absolute atomic E-state index is 9.65. The van der Waals surface area contributed by atoms with Crippen molar-refractivity contribution in [1.82, 2.24) is 29.6 Å². The van der Waals surface area contributed by atoms with Gasteiger partial charge in [0.25, 0.3) is 0 Å². The van der Waals surface area contributed by atoms with Crippen molar-refractivity contribution in [2.45, 2.75) is 44.7 Å². The van der Waals surface area contributed by atoms with E-state index < -0.39 is 0 Å². The van der Waals surface area contributed by atoms with Crippen molar-refractivity contribution in [2.75, 3.05) is 24.5 Å². The van der Waals surface area contributed by atoms with Gasteiger partial charge >= 0.3 is 0 Å². The number of fused-ring (bicyclic) bond motifs is 3.